The molecule has 216 valence electrons. The van der Waals surface area contributed by atoms with Crippen molar-refractivity contribution in [3.8, 4) is 5.75 Å². The lowest BCUT2D eigenvalue weighted by molar-refractivity contribution is 0.0564. The van der Waals surface area contributed by atoms with Gasteiger partial charge in [-0.3, -0.25) is 4.79 Å². The molecule has 0 radical (unpaired) electrons. The number of amides is 3. The molecule has 3 heterocycles. The second-order valence-electron chi connectivity index (χ2n) is 9.35. The molecule has 5 rings (SSSR count). The van der Waals surface area contributed by atoms with E-state index in [4.69, 9.17) is 32.7 Å². The van der Waals surface area contributed by atoms with Crippen LogP contribution in [-0.4, -0.2) is 63.2 Å². The summed E-state index contributed by atoms with van der Waals surface area (Å²) >= 11 is 12.7. The standard InChI is InChI=1S/C27H26Cl2N4O6S2/c1-32-14-18(20-13-19(5-6-22(20)32)30-27(35)33-7-9-39-10-8-33)11-16-3-4-17(12-23(16)38-2)25(34)31-41(36,37)26-24(29)21(28)15-40-26/h3-6,12-15H,7-11H2,1-2H3,(H,30,35)(H,31,34). The van der Waals surface area contributed by atoms with E-state index in [9.17, 15) is 18.0 Å². The molecular formula is C27H26Cl2N4O6S2. The molecule has 1 saturated heterocycles. The number of aromatic nitrogens is 1. The Kier molecular flexibility index (Phi) is 8.48. The lowest BCUT2D eigenvalue weighted by Gasteiger charge is -2.26. The molecule has 3 amide bonds. The van der Waals surface area contributed by atoms with Crippen LogP contribution >= 0.6 is 34.5 Å². The monoisotopic (exact) mass is 636 g/mol. The number of halogens is 2. The Morgan fingerprint density at radius 2 is 1.85 bits per heavy atom. The first-order chi connectivity index (χ1) is 19.6. The number of anilines is 1. The smallest absolute Gasteiger partial charge is 0.321 e. The quantitative estimate of drug-likeness (QED) is 0.290. The Labute approximate surface area is 250 Å². The third-order valence-electron chi connectivity index (χ3n) is 6.68. The number of thiophene rings is 1. The normalized spacial score (nSPS) is 13.8. The fourth-order valence-corrected chi connectivity index (χ4v) is 7.63. The summed E-state index contributed by atoms with van der Waals surface area (Å²) in [5, 5.41) is 5.27. The number of hydrogen-bond acceptors (Lipinski definition) is 7. The van der Waals surface area contributed by atoms with E-state index in [1.165, 1.54) is 24.6 Å². The summed E-state index contributed by atoms with van der Waals surface area (Å²) in [4.78, 5) is 27.3. The third-order valence-corrected chi connectivity index (χ3v) is 10.7. The van der Waals surface area contributed by atoms with Crippen LogP contribution in [0.25, 0.3) is 10.9 Å². The summed E-state index contributed by atoms with van der Waals surface area (Å²) in [6, 6.07) is 10.3. The molecule has 0 spiro atoms. The maximum absolute atomic E-state index is 12.8. The van der Waals surface area contributed by atoms with Crippen LogP contribution in [0.2, 0.25) is 10.0 Å². The van der Waals surface area contributed by atoms with Gasteiger partial charge in [-0.25, -0.2) is 17.9 Å². The van der Waals surface area contributed by atoms with Crippen LogP contribution in [0, 0.1) is 0 Å². The number of carbonyl (C=O) groups is 2. The highest BCUT2D eigenvalue weighted by molar-refractivity contribution is 7.92. The number of urea groups is 1. The Morgan fingerprint density at radius 3 is 2.54 bits per heavy atom. The lowest BCUT2D eigenvalue weighted by Crippen LogP contribution is -2.43. The molecule has 4 aromatic rings. The summed E-state index contributed by atoms with van der Waals surface area (Å²) < 4.78 is 40.1. The number of fused-ring (bicyclic) bond motifs is 1. The van der Waals surface area contributed by atoms with Crippen LogP contribution in [0.5, 0.6) is 5.75 Å². The lowest BCUT2D eigenvalue weighted by atomic mass is 10.0. The number of nitrogens with one attached hydrogen (secondary N) is 2. The molecule has 1 aliphatic heterocycles. The van der Waals surface area contributed by atoms with Crippen LogP contribution in [0.1, 0.15) is 21.5 Å². The van der Waals surface area contributed by atoms with E-state index in [1.54, 1.807) is 11.0 Å². The van der Waals surface area contributed by atoms with Gasteiger partial charge in [-0.05, 0) is 41.5 Å². The van der Waals surface area contributed by atoms with Gasteiger partial charge in [0, 0.05) is 60.3 Å². The number of ether oxygens (including phenoxy) is 2. The number of sulfonamides is 1. The Hall–Kier alpha value is -3.29. The topological polar surface area (TPSA) is 119 Å². The fourth-order valence-electron chi connectivity index (χ4n) is 4.61. The van der Waals surface area contributed by atoms with Gasteiger partial charge in [-0.15, -0.1) is 11.3 Å². The number of benzene rings is 2. The molecule has 14 heteroatoms. The average Bonchev–Trinajstić information content (AvgIpc) is 3.46. The highest BCUT2D eigenvalue weighted by Crippen LogP contribution is 2.35. The molecule has 0 atom stereocenters. The molecule has 10 nitrogen and oxygen atoms in total. The van der Waals surface area contributed by atoms with Crippen molar-refractivity contribution in [3.63, 3.8) is 0 Å². The minimum Gasteiger partial charge on any atom is -0.496 e. The highest BCUT2D eigenvalue weighted by Gasteiger charge is 2.25. The molecule has 2 N–H and O–H groups in total. The second-order valence-corrected chi connectivity index (χ2v) is 12.9. The summed E-state index contributed by atoms with van der Waals surface area (Å²) in [5.41, 5.74) is 3.52. The molecule has 1 aliphatic rings. The zero-order chi connectivity index (χ0) is 29.3. The van der Waals surface area contributed by atoms with Crippen molar-refractivity contribution in [2.45, 2.75) is 10.6 Å². The second kappa shape index (κ2) is 11.9. The Morgan fingerprint density at radius 1 is 1.10 bits per heavy atom. The summed E-state index contributed by atoms with van der Waals surface area (Å²) in [7, 11) is -0.798. The maximum Gasteiger partial charge on any atom is 0.321 e. The van der Waals surface area contributed by atoms with E-state index < -0.39 is 15.9 Å². The summed E-state index contributed by atoms with van der Waals surface area (Å²) in [5.74, 6) is -0.415. The van der Waals surface area contributed by atoms with Gasteiger partial charge in [-0.1, -0.05) is 29.3 Å². The van der Waals surface area contributed by atoms with Crippen molar-refractivity contribution in [1.82, 2.24) is 14.2 Å². The molecule has 0 unspecified atom stereocenters. The van der Waals surface area contributed by atoms with Gasteiger partial charge in [0.05, 0.1) is 30.4 Å². The van der Waals surface area contributed by atoms with Gasteiger partial charge >= 0.3 is 6.03 Å². The number of nitrogens with zero attached hydrogens (tertiary/aromatic N) is 2. The largest absolute Gasteiger partial charge is 0.496 e. The SMILES string of the molecule is COc1cc(C(=O)NS(=O)(=O)c2scc(Cl)c2Cl)ccc1Cc1cn(C)c2ccc(NC(=O)N3CCOCC3)cc12. The fraction of sp³-hybridized carbons (Fsp3) is 0.259. The third kappa shape index (κ3) is 6.16. The van der Waals surface area contributed by atoms with Crippen LogP contribution in [-0.2, 0) is 28.2 Å². The summed E-state index contributed by atoms with van der Waals surface area (Å²) in [6.07, 6.45) is 2.46. The van der Waals surface area contributed by atoms with Crippen molar-refractivity contribution in [2.24, 2.45) is 7.05 Å². The molecule has 41 heavy (non-hydrogen) atoms. The van der Waals surface area contributed by atoms with Gasteiger partial charge < -0.3 is 24.3 Å². The van der Waals surface area contributed by atoms with E-state index >= 15 is 0 Å². The van der Waals surface area contributed by atoms with E-state index in [0.717, 1.165) is 33.4 Å². The van der Waals surface area contributed by atoms with Crippen LogP contribution in [0.15, 0.2) is 52.2 Å². The molecule has 2 aromatic carbocycles. The first-order valence-corrected chi connectivity index (χ1v) is 15.6. The molecular weight excluding hydrogens is 611 g/mol. The van der Waals surface area contributed by atoms with Crippen molar-refractivity contribution >= 4 is 73.1 Å². The van der Waals surface area contributed by atoms with Gasteiger partial charge in [0.2, 0.25) is 0 Å². The number of methoxy groups -OCH3 is 1. The van der Waals surface area contributed by atoms with Crippen molar-refractivity contribution < 1.29 is 27.5 Å². The number of aryl methyl sites for hydroxylation is 1. The van der Waals surface area contributed by atoms with E-state index in [2.05, 4.69) is 5.32 Å². The molecule has 1 fully saturated rings. The van der Waals surface area contributed by atoms with Crippen LogP contribution in [0.3, 0.4) is 0 Å². The number of hydrogen-bond donors (Lipinski definition) is 2. The molecule has 0 saturated carbocycles. The van der Waals surface area contributed by atoms with Gasteiger partial charge in [0.1, 0.15) is 5.75 Å². The number of rotatable bonds is 7. The zero-order valence-electron chi connectivity index (χ0n) is 22.1. The predicted molar refractivity (Wildman–Crippen MR) is 159 cm³/mol. The van der Waals surface area contributed by atoms with Crippen molar-refractivity contribution in [3.05, 3.63) is 74.7 Å². The average molecular weight is 638 g/mol. The zero-order valence-corrected chi connectivity index (χ0v) is 25.2. The van der Waals surface area contributed by atoms with Crippen LogP contribution < -0.4 is 14.8 Å². The van der Waals surface area contributed by atoms with Gasteiger partial charge in [0.15, 0.2) is 4.21 Å². The number of morpholine rings is 1. The summed E-state index contributed by atoms with van der Waals surface area (Å²) in [6.45, 7) is 2.12. The predicted octanol–water partition coefficient (Wildman–Crippen LogP) is 5.13. The first-order valence-electron chi connectivity index (χ1n) is 12.5. The number of carbonyl (C=O) groups excluding carboxylic acids is 2. The van der Waals surface area contributed by atoms with Crippen molar-refractivity contribution in [1.29, 1.82) is 0 Å². The maximum atomic E-state index is 12.8. The van der Waals surface area contributed by atoms with Crippen molar-refractivity contribution in [2.75, 3.05) is 38.7 Å². The Bertz CT molecular complexity index is 1750. The molecule has 0 bridgehead atoms. The Balaban J connectivity index is 1.37. The van der Waals surface area contributed by atoms with E-state index in [0.29, 0.717) is 44.2 Å². The highest BCUT2D eigenvalue weighted by atomic mass is 35.5. The van der Waals surface area contributed by atoms with E-state index in [-0.39, 0.29) is 25.8 Å². The van der Waals surface area contributed by atoms with Crippen LogP contribution in [0.4, 0.5) is 10.5 Å². The first kappa shape index (κ1) is 29.2. The minimum atomic E-state index is -4.22. The molecule has 2 aromatic heterocycles. The van der Waals surface area contributed by atoms with Gasteiger partial charge in [-0.2, -0.15) is 0 Å². The molecule has 0 aliphatic carbocycles. The minimum absolute atomic E-state index is 0.0931. The van der Waals surface area contributed by atoms with E-state index in [1.807, 2.05) is 40.7 Å². The van der Waals surface area contributed by atoms with Gasteiger partial charge in [0.25, 0.3) is 15.9 Å².